The van der Waals surface area contributed by atoms with Crippen LogP contribution in [-0.2, 0) is 0 Å². The molecule has 0 aliphatic rings. The lowest BCUT2D eigenvalue weighted by atomic mass is 10.1. The van der Waals surface area contributed by atoms with Crippen molar-refractivity contribution in [3.63, 3.8) is 0 Å². The Morgan fingerprint density at radius 3 is 2.07 bits per heavy atom. The number of rotatable bonds is 1. The van der Waals surface area contributed by atoms with Gasteiger partial charge in [-0.25, -0.2) is 0 Å². The van der Waals surface area contributed by atoms with E-state index in [2.05, 4.69) is 0 Å². The molecule has 0 spiro atoms. The minimum Gasteiger partial charge on any atom is -0.369 e. The van der Waals surface area contributed by atoms with Crippen LogP contribution < -0.4 is 16.4 Å². The molecule has 0 fully saturated rings. The van der Waals surface area contributed by atoms with E-state index < -0.39 is 0 Å². The van der Waals surface area contributed by atoms with Gasteiger partial charge in [-0.1, -0.05) is 17.7 Å². The summed E-state index contributed by atoms with van der Waals surface area (Å²) in [4.78, 5) is 1.19. The minimum absolute atomic E-state index is 0.255. The molecule has 1 rings (SSSR count). The molecule has 80 valence electrons. The first-order valence-electron chi connectivity index (χ1n) is 4.49. The molecule has 0 amide bonds. The van der Waals surface area contributed by atoms with Gasteiger partial charge in [-0.2, -0.15) is 0 Å². The smallest absolute Gasteiger partial charge is 0.200 e. The number of aryl methyl sites for hydroxylation is 2. The first-order valence-corrected chi connectivity index (χ1v) is 4.49. The van der Waals surface area contributed by atoms with Crippen molar-refractivity contribution in [2.24, 2.45) is 11.5 Å². The summed E-state index contributed by atoms with van der Waals surface area (Å²) in [5.41, 5.74) is 13.4. The number of hydrogen-bond donors (Lipinski definition) is 4. The molecule has 0 atom stereocenters. The van der Waals surface area contributed by atoms with E-state index in [9.17, 15) is 0 Å². The number of guanidine groups is 2. The Hall–Kier alpha value is -2.04. The number of benzene rings is 1. The molecule has 6 N–H and O–H groups in total. The van der Waals surface area contributed by atoms with Crippen LogP contribution in [0.15, 0.2) is 18.2 Å². The predicted molar refractivity (Wildman–Crippen MR) is 62.2 cm³/mol. The van der Waals surface area contributed by atoms with E-state index in [0.29, 0.717) is 5.69 Å². The first kappa shape index (κ1) is 11.0. The zero-order chi connectivity index (χ0) is 11.6. The maximum atomic E-state index is 7.35. The van der Waals surface area contributed by atoms with E-state index in [1.54, 1.807) is 6.07 Å². The summed E-state index contributed by atoms with van der Waals surface area (Å²) in [5.74, 6) is -0.510. The fraction of sp³-hybridized carbons (Fsp3) is 0.200. The number of hydrogen-bond acceptors (Lipinski definition) is 2. The van der Waals surface area contributed by atoms with E-state index in [-0.39, 0.29) is 11.9 Å². The molecule has 1 aromatic rings. The van der Waals surface area contributed by atoms with Gasteiger partial charge in [0.15, 0.2) is 11.9 Å². The standard InChI is InChI=1S/C10H15N5/c1-6-3-4-8(7(2)5-6)15(9(11)12)10(13)14/h3-5H,1-2H3,(H3,11,12)(H3,13,14). The van der Waals surface area contributed by atoms with Gasteiger partial charge in [-0.15, -0.1) is 0 Å². The monoisotopic (exact) mass is 205 g/mol. The van der Waals surface area contributed by atoms with Gasteiger partial charge in [0.2, 0.25) is 0 Å². The second kappa shape index (κ2) is 4.00. The zero-order valence-electron chi connectivity index (χ0n) is 8.83. The third kappa shape index (κ3) is 2.25. The van der Waals surface area contributed by atoms with Crippen LogP contribution in [0.3, 0.4) is 0 Å². The highest BCUT2D eigenvalue weighted by Crippen LogP contribution is 2.20. The maximum Gasteiger partial charge on any atom is 0.200 e. The van der Waals surface area contributed by atoms with Gasteiger partial charge in [-0.3, -0.25) is 15.7 Å². The lowest BCUT2D eigenvalue weighted by Crippen LogP contribution is -2.45. The molecule has 5 nitrogen and oxygen atoms in total. The molecule has 0 radical (unpaired) electrons. The van der Waals surface area contributed by atoms with Crippen LogP contribution >= 0.6 is 0 Å². The highest BCUT2D eigenvalue weighted by molar-refractivity contribution is 6.14. The number of nitrogens with one attached hydrogen (secondary N) is 2. The zero-order valence-corrected chi connectivity index (χ0v) is 8.83. The molecule has 0 unspecified atom stereocenters. The number of nitrogens with two attached hydrogens (primary N) is 2. The molecule has 0 aliphatic carbocycles. The van der Waals surface area contributed by atoms with E-state index in [1.165, 1.54) is 4.90 Å². The summed E-state index contributed by atoms with van der Waals surface area (Å²) in [6.45, 7) is 3.86. The SMILES string of the molecule is Cc1ccc(N(C(=N)N)C(=N)N)c(C)c1. The molecule has 15 heavy (non-hydrogen) atoms. The fourth-order valence-corrected chi connectivity index (χ4v) is 1.45. The van der Waals surface area contributed by atoms with Crippen LogP contribution in [0.25, 0.3) is 0 Å². The quantitative estimate of drug-likeness (QED) is 0.404. The van der Waals surface area contributed by atoms with Crippen molar-refractivity contribution in [1.29, 1.82) is 10.8 Å². The molecule has 0 aliphatic heterocycles. The lowest BCUT2D eigenvalue weighted by Gasteiger charge is -2.22. The van der Waals surface area contributed by atoms with Gasteiger partial charge in [0, 0.05) is 0 Å². The molecule has 5 heteroatoms. The summed E-state index contributed by atoms with van der Waals surface area (Å²) in [6.07, 6.45) is 0. The second-order valence-electron chi connectivity index (χ2n) is 3.40. The first-order chi connectivity index (χ1) is 6.93. The minimum atomic E-state index is -0.255. The topological polar surface area (TPSA) is 103 Å². The molecule has 0 aromatic heterocycles. The van der Waals surface area contributed by atoms with Gasteiger partial charge >= 0.3 is 0 Å². The highest BCUT2D eigenvalue weighted by atomic mass is 15.3. The Kier molecular flexibility index (Phi) is 2.94. The van der Waals surface area contributed by atoms with Gasteiger partial charge < -0.3 is 11.5 Å². The average molecular weight is 205 g/mol. The Labute approximate surface area is 88.7 Å². The van der Waals surface area contributed by atoms with Crippen molar-refractivity contribution >= 4 is 17.6 Å². The van der Waals surface area contributed by atoms with Gasteiger partial charge in [0.1, 0.15) is 0 Å². The van der Waals surface area contributed by atoms with E-state index in [1.807, 2.05) is 26.0 Å². The van der Waals surface area contributed by atoms with Gasteiger partial charge in [-0.05, 0) is 25.5 Å². The van der Waals surface area contributed by atoms with Crippen molar-refractivity contribution < 1.29 is 0 Å². The molecule has 0 saturated carbocycles. The molecule has 0 bridgehead atoms. The van der Waals surface area contributed by atoms with Crippen LogP contribution in [0.1, 0.15) is 11.1 Å². The third-order valence-electron chi connectivity index (χ3n) is 2.08. The Balaban J connectivity index is 3.23. The Bertz CT molecular complexity index is 396. The van der Waals surface area contributed by atoms with Crippen LogP contribution in [0.4, 0.5) is 5.69 Å². The second-order valence-corrected chi connectivity index (χ2v) is 3.40. The Morgan fingerprint density at radius 1 is 1.13 bits per heavy atom. The Morgan fingerprint density at radius 2 is 1.67 bits per heavy atom. The number of anilines is 1. The fourth-order valence-electron chi connectivity index (χ4n) is 1.45. The van der Waals surface area contributed by atoms with Crippen molar-refractivity contribution in [2.75, 3.05) is 4.90 Å². The summed E-state index contributed by atoms with van der Waals surface area (Å²) in [7, 11) is 0. The normalized spacial score (nSPS) is 9.73. The van der Waals surface area contributed by atoms with E-state index in [0.717, 1.165) is 11.1 Å². The summed E-state index contributed by atoms with van der Waals surface area (Å²) < 4.78 is 0. The largest absolute Gasteiger partial charge is 0.369 e. The van der Waals surface area contributed by atoms with Crippen molar-refractivity contribution in [3.8, 4) is 0 Å². The molecule has 0 heterocycles. The van der Waals surface area contributed by atoms with Crippen LogP contribution in [0, 0.1) is 24.7 Å². The van der Waals surface area contributed by atoms with Crippen LogP contribution in [0.5, 0.6) is 0 Å². The van der Waals surface area contributed by atoms with E-state index in [4.69, 9.17) is 22.3 Å². The summed E-state index contributed by atoms with van der Waals surface area (Å²) >= 11 is 0. The molecule has 0 saturated heterocycles. The maximum absolute atomic E-state index is 7.35. The van der Waals surface area contributed by atoms with Crippen molar-refractivity contribution in [3.05, 3.63) is 29.3 Å². The van der Waals surface area contributed by atoms with Gasteiger partial charge in [0.25, 0.3) is 0 Å². The summed E-state index contributed by atoms with van der Waals surface area (Å²) in [6, 6.07) is 5.64. The van der Waals surface area contributed by atoms with Crippen LogP contribution in [-0.4, -0.2) is 11.9 Å². The average Bonchev–Trinajstić information content (AvgIpc) is 2.08. The van der Waals surface area contributed by atoms with Gasteiger partial charge in [0.05, 0.1) is 5.69 Å². The van der Waals surface area contributed by atoms with Crippen LogP contribution in [0.2, 0.25) is 0 Å². The summed E-state index contributed by atoms with van der Waals surface area (Å²) in [5, 5.41) is 14.7. The van der Waals surface area contributed by atoms with Crippen molar-refractivity contribution in [2.45, 2.75) is 13.8 Å². The molecule has 1 aromatic carbocycles. The van der Waals surface area contributed by atoms with Crippen molar-refractivity contribution in [1.82, 2.24) is 0 Å². The highest BCUT2D eigenvalue weighted by Gasteiger charge is 2.14. The third-order valence-corrected chi connectivity index (χ3v) is 2.08. The predicted octanol–water partition coefficient (Wildman–Crippen LogP) is 0.897. The molecular weight excluding hydrogens is 190 g/mol. The lowest BCUT2D eigenvalue weighted by molar-refractivity contribution is 1.21. The molecular formula is C10H15N5. The number of nitrogens with zero attached hydrogens (tertiary/aromatic N) is 1. The van der Waals surface area contributed by atoms with E-state index >= 15 is 0 Å².